The average Bonchev–Trinajstić information content (AvgIpc) is 3.18. The molecule has 0 aliphatic carbocycles. The molecule has 4 rings (SSSR count). The quantitative estimate of drug-likeness (QED) is 0.548. The first-order chi connectivity index (χ1) is 12.2. The topological polar surface area (TPSA) is 135 Å². The zero-order valence-electron chi connectivity index (χ0n) is 13.5. The molecule has 0 unspecified atom stereocenters. The van der Waals surface area contributed by atoms with Gasteiger partial charge in [0.25, 0.3) is 0 Å². The molecule has 2 aromatic heterocycles. The molecular weight excluding hydrogens is 330 g/mol. The van der Waals surface area contributed by atoms with E-state index in [9.17, 15) is 15.3 Å². The molecule has 2 aromatic rings. The molecule has 2 aliphatic heterocycles. The Hall–Kier alpha value is -1.85. The molecule has 10 heteroatoms. The molecule has 25 heavy (non-hydrogen) atoms. The molecule has 4 atom stereocenters. The van der Waals surface area contributed by atoms with E-state index in [1.165, 1.54) is 12.7 Å². The van der Waals surface area contributed by atoms with Crippen LogP contribution in [0.3, 0.4) is 0 Å². The van der Waals surface area contributed by atoms with Gasteiger partial charge in [-0.25, -0.2) is 15.0 Å². The van der Waals surface area contributed by atoms with Gasteiger partial charge < -0.3 is 30.1 Å². The molecule has 2 aliphatic rings. The van der Waals surface area contributed by atoms with Gasteiger partial charge in [-0.2, -0.15) is 0 Å². The smallest absolute Gasteiger partial charge is 0.167 e. The number of nitrogens with zero attached hydrogens (tertiary/aromatic N) is 4. The van der Waals surface area contributed by atoms with Crippen molar-refractivity contribution in [1.82, 2.24) is 19.5 Å². The summed E-state index contributed by atoms with van der Waals surface area (Å²) in [7, 11) is 0. The maximum Gasteiger partial charge on any atom is 0.167 e. The second-order valence-electron chi connectivity index (χ2n) is 6.31. The van der Waals surface area contributed by atoms with Crippen LogP contribution in [0.5, 0.6) is 0 Å². The summed E-state index contributed by atoms with van der Waals surface area (Å²) in [5, 5.41) is 32.8. The molecule has 2 saturated heterocycles. The first kappa shape index (κ1) is 16.6. The molecule has 0 bridgehead atoms. The Balaban J connectivity index is 1.62. The Bertz CT molecular complexity index is 734. The van der Waals surface area contributed by atoms with Crippen molar-refractivity contribution in [3.05, 3.63) is 12.7 Å². The summed E-state index contributed by atoms with van der Waals surface area (Å²) in [4.78, 5) is 12.9. The van der Waals surface area contributed by atoms with Crippen LogP contribution in [0, 0.1) is 0 Å². The maximum absolute atomic E-state index is 10.2. The molecule has 10 nitrogen and oxygen atoms in total. The molecule has 2 fully saturated rings. The van der Waals surface area contributed by atoms with Gasteiger partial charge in [-0.1, -0.05) is 0 Å². The van der Waals surface area contributed by atoms with Crippen molar-refractivity contribution in [3.63, 3.8) is 0 Å². The lowest BCUT2D eigenvalue weighted by atomic mass is 10.1. The number of rotatable bonds is 4. The predicted molar refractivity (Wildman–Crippen MR) is 85.8 cm³/mol. The highest BCUT2D eigenvalue weighted by molar-refractivity contribution is 5.82. The van der Waals surface area contributed by atoms with Gasteiger partial charge in [-0.3, -0.25) is 4.57 Å². The Morgan fingerprint density at radius 1 is 1.16 bits per heavy atom. The summed E-state index contributed by atoms with van der Waals surface area (Å²) < 4.78 is 12.5. The summed E-state index contributed by atoms with van der Waals surface area (Å²) in [5.74, 6) is 0.613. The number of nitrogens with one attached hydrogen (secondary N) is 1. The minimum atomic E-state index is -1.18. The van der Waals surface area contributed by atoms with Crippen LogP contribution in [0.2, 0.25) is 0 Å². The zero-order chi connectivity index (χ0) is 17.4. The minimum absolute atomic E-state index is 0.255. The lowest BCUT2D eigenvalue weighted by Crippen LogP contribution is -2.33. The molecule has 0 amide bonds. The SMILES string of the molecule is OC[C@H]1O[C@@H](n2cnc3c(NC4CCOCC4)ncnc32)[C@H](O)[C@@H]1O. The van der Waals surface area contributed by atoms with Gasteiger partial charge in [0.2, 0.25) is 0 Å². The first-order valence-corrected chi connectivity index (χ1v) is 8.33. The van der Waals surface area contributed by atoms with Gasteiger partial charge in [-0.15, -0.1) is 0 Å². The lowest BCUT2D eigenvalue weighted by molar-refractivity contribution is -0.0511. The van der Waals surface area contributed by atoms with Gasteiger partial charge >= 0.3 is 0 Å². The van der Waals surface area contributed by atoms with E-state index in [-0.39, 0.29) is 12.6 Å². The van der Waals surface area contributed by atoms with E-state index in [2.05, 4.69) is 20.3 Å². The van der Waals surface area contributed by atoms with Crippen molar-refractivity contribution in [2.75, 3.05) is 25.1 Å². The maximum atomic E-state index is 10.2. The molecular formula is C15H21N5O5. The zero-order valence-corrected chi connectivity index (χ0v) is 13.5. The normalized spacial score (nSPS) is 30.8. The Labute approximate surface area is 143 Å². The van der Waals surface area contributed by atoms with Crippen molar-refractivity contribution in [1.29, 1.82) is 0 Å². The van der Waals surface area contributed by atoms with E-state index in [0.29, 0.717) is 30.2 Å². The van der Waals surface area contributed by atoms with Gasteiger partial charge in [0, 0.05) is 19.3 Å². The second kappa shape index (κ2) is 6.81. The van der Waals surface area contributed by atoms with Crippen molar-refractivity contribution in [2.24, 2.45) is 0 Å². The largest absolute Gasteiger partial charge is 0.394 e. The third-order valence-corrected chi connectivity index (χ3v) is 4.71. The van der Waals surface area contributed by atoms with Crippen molar-refractivity contribution >= 4 is 17.0 Å². The van der Waals surface area contributed by atoms with Crippen LogP contribution in [0.1, 0.15) is 19.1 Å². The Kier molecular flexibility index (Phi) is 4.52. The minimum Gasteiger partial charge on any atom is -0.394 e. The summed E-state index contributed by atoms with van der Waals surface area (Å²) >= 11 is 0. The number of ether oxygens (including phenoxy) is 2. The Morgan fingerprint density at radius 3 is 2.68 bits per heavy atom. The predicted octanol–water partition coefficient (Wildman–Crippen LogP) is -0.971. The molecule has 0 aromatic carbocycles. The first-order valence-electron chi connectivity index (χ1n) is 8.33. The van der Waals surface area contributed by atoms with Gasteiger partial charge in [0.15, 0.2) is 23.2 Å². The summed E-state index contributed by atoms with van der Waals surface area (Å²) in [6.45, 7) is 1.04. The standard InChI is InChI=1S/C15H21N5O5/c21-5-9-11(22)12(23)15(25-9)20-7-18-10-13(16-6-17-14(10)20)19-8-1-3-24-4-2-8/h6-9,11-12,15,21-23H,1-5H2,(H,16,17,19)/t9-,11-,12-,15-/m1/s1. The fraction of sp³-hybridized carbons (Fsp3) is 0.667. The van der Waals surface area contributed by atoms with Crippen LogP contribution in [0.25, 0.3) is 11.2 Å². The highest BCUT2D eigenvalue weighted by Gasteiger charge is 2.44. The van der Waals surface area contributed by atoms with Gasteiger partial charge in [0.1, 0.15) is 24.6 Å². The van der Waals surface area contributed by atoms with Gasteiger partial charge in [-0.05, 0) is 12.8 Å². The lowest BCUT2D eigenvalue weighted by Gasteiger charge is -2.23. The van der Waals surface area contributed by atoms with E-state index in [1.807, 2.05) is 0 Å². The number of fused-ring (bicyclic) bond motifs is 1. The van der Waals surface area contributed by atoms with E-state index in [0.717, 1.165) is 12.8 Å². The van der Waals surface area contributed by atoms with E-state index < -0.39 is 24.5 Å². The molecule has 0 spiro atoms. The van der Waals surface area contributed by atoms with E-state index in [4.69, 9.17) is 9.47 Å². The number of aromatic nitrogens is 4. The van der Waals surface area contributed by atoms with Crippen molar-refractivity contribution in [3.8, 4) is 0 Å². The van der Waals surface area contributed by atoms with Crippen LogP contribution in [0.4, 0.5) is 5.82 Å². The number of aliphatic hydroxyl groups is 3. The highest BCUT2D eigenvalue weighted by Crippen LogP contribution is 2.32. The number of hydrogen-bond acceptors (Lipinski definition) is 9. The monoisotopic (exact) mass is 351 g/mol. The fourth-order valence-electron chi connectivity index (χ4n) is 3.29. The highest BCUT2D eigenvalue weighted by atomic mass is 16.6. The van der Waals surface area contributed by atoms with Crippen LogP contribution >= 0.6 is 0 Å². The second-order valence-corrected chi connectivity index (χ2v) is 6.31. The van der Waals surface area contributed by atoms with Crippen LogP contribution in [0.15, 0.2) is 12.7 Å². The summed E-state index contributed by atoms with van der Waals surface area (Å²) in [6.07, 6.45) is 0.619. The number of anilines is 1. The molecule has 0 radical (unpaired) electrons. The van der Waals surface area contributed by atoms with E-state index in [1.54, 1.807) is 4.57 Å². The van der Waals surface area contributed by atoms with Crippen LogP contribution in [-0.2, 0) is 9.47 Å². The van der Waals surface area contributed by atoms with Crippen molar-refractivity contribution in [2.45, 2.75) is 43.4 Å². The molecule has 4 heterocycles. The van der Waals surface area contributed by atoms with E-state index >= 15 is 0 Å². The fourth-order valence-corrected chi connectivity index (χ4v) is 3.29. The van der Waals surface area contributed by atoms with Crippen molar-refractivity contribution < 1.29 is 24.8 Å². The summed E-state index contributed by atoms with van der Waals surface area (Å²) in [6, 6.07) is 0.255. The number of imidazole rings is 1. The number of aliphatic hydroxyl groups excluding tert-OH is 3. The van der Waals surface area contributed by atoms with Gasteiger partial charge in [0.05, 0.1) is 12.9 Å². The summed E-state index contributed by atoms with van der Waals surface area (Å²) in [5.41, 5.74) is 1.05. The third-order valence-electron chi connectivity index (χ3n) is 4.71. The third kappa shape index (κ3) is 2.96. The molecule has 136 valence electrons. The number of hydrogen-bond donors (Lipinski definition) is 4. The molecule has 4 N–H and O–H groups in total. The van der Waals surface area contributed by atoms with Crippen LogP contribution in [-0.4, -0.2) is 79.0 Å². The Morgan fingerprint density at radius 2 is 1.96 bits per heavy atom. The van der Waals surface area contributed by atoms with Crippen LogP contribution < -0.4 is 5.32 Å². The average molecular weight is 351 g/mol. The molecule has 0 saturated carbocycles.